The van der Waals surface area contributed by atoms with E-state index < -0.39 is 0 Å². The van der Waals surface area contributed by atoms with Crippen molar-refractivity contribution in [2.24, 2.45) is 0 Å². The van der Waals surface area contributed by atoms with Gasteiger partial charge >= 0.3 is 0 Å². The summed E-state index contributed by atoms with van der Waals surface area (Å²) in [6.07, 6.45) is 0. The molecule has 0 radical (unpaired) electrons. The van der Waals surface area contributed by atoms with Gasteiger partial charge in [0.2, 0.25) is 0 Å². The summed E-state index contributed by atoms with van der Waals surface area (Å²) < 4.78 is 18.6. The first-order valence-corrected chi connectivity index (χ1v) is 17.2. The van der Waals surface area contributed by atoms with E-state index >= 15 is 0 Å². The molecule has 6 heteroatoms. The van der Waals surface area contributed by atoms with E-state index in [2.05, 4.69) is 151 Å². The fourth-order valence-electron chi connectivity index (χ4n) is 9.25. The van der Waals surface area contributed by atoms with Crippen LogP contribution in [0.5, 0.6) is 11.5 Å². The molecule has 0 N–H and O–H groups in total. The summed E-state index contributed by atoms with van der Waals surface area (Å²) in [7, 11) is 0. The monoisotopic (exact) mass is 631 g/mol. The Morgan fingerprint density at radius 2 is 1.41 bits per heavy atom. The molecule has 3 aliphatic rings. The van der Waals surface area contributed by atoms with Crippen LogP contribution in [-0.2, 0) is 5.41 Å². The van der Waals surface area contributed by atoms with Crippen molar-refractivity contribution in [3.05, 3.63) is 120 Å². The van der Waals surface area contributed by atoms with Crippen LogP contribution in [0, 0.1) is 6.92 Å². The second kappa shape index (κ2) is 8.39. The summed E-state index contributed by atoms with van der Waals surface area (Å²) in [5.74, 6) is 1.77. The van der Waals surface area contributed by atoms with Crippen LogP contribution >= 0.6 is 0 Å². The van der Waals surface area contributed by atoms with Gasteiger partial charge < -0.3 is 14.1 Å². The van der Waals surface area contributed by atoms with Crippen molar-refractivity contribution in [1.29, 1.82) is 0 Å². The number of rotatable bonds is 0. The van der Waals surface area contributed by atoms with Crippen molar-refractivity contribution in [2.45, 2.75) is 33.1 Å². The van der Waals surface area contributed by atoms with Crippen LogP contribution in [0.3, 0.4) is 0 Å². The number of hydrogen-bond donors (Lipinski definition) is 0. The largest absolute Gasteiger partial charge is 0.454 e. The van der Waals surface area contributed by atoms with Crippen molar-refractivity contribution in [3.63, 3.8) is 0 Å². The normalized spacial score (nSPS) is 14.2. The zero-order chi connectivity index (χ0) is 32.5. The Balaban J connectivity index is 1.37. The average Bonchev–Trinajstić information content (AvgIpc) is 3.75. The summed E-state index contributed by atoms with van der Waals surface area (Å²) in [6, 6.07) is 39.7. The van der Waals surface area contributed by atoms with Crippen LogP contribution in [0.4, 0.5) is 17.1 Å². The number of benzene rings is 6. The summed E-state index contributed by atoms with van der Waals surface area (Å²) in [6.45, 7) is 9.24. The van der Waals surface area contributed by atoms with Crippen LogP contribution < -0.4 is 26.0 Å². The number of anilines is 3. The smallest absolute Gasteiger partial charge is 0.252 e. The Bertz CT molecular complexity index is 2990. The lowest BCUT2D eigenvalue weighted by Gasteiger charge is -2.43. The third-order valence-corrected chi connectivity index (χ3v) is 11.4. The minimum absolute atomic E-state index is 0.00156. The van der Waals surface area contributed by atoms with Gasteiger partial charge in [-0.2, -0.15) is 0 Å². The summed E-state index contributed by atoms with van der Waals surface area (Å²) in [5, 5.41) is 3.55. The molecule has 232 valence electrons. The van der Waals surface area contributed by atoms with Crippen molar-refractivity contribution >= 4 is 89.7 Å². The Labute approximate surface area is 282 Å². The highest BCUT2D eigenvalue weighted by molar-refractivity contribution is 7.00. The highest BCUT2D eigenvalue weighted by atomic mass is 16.5. The topological polar surface area (TPSA) is 35.0 Å². The van der Waals surface area contributed by atoms with Crippen LogP contribution in [0.2, 0.25) is 0 Å². The van der Waals surface area contributed by atoms with E-state index in [0.29, 0.717) is 0 Å². The molecule has 0 spiro atoms. The fraction of sp³-hybridized carbons (Fsp3) is 0.116. The highest BCUT2D eigenvalue weighted by Gasteiger charge is 2.46. The molecule has 0 bridgehead atoms. The van der Waals surface area contributed by atoms with Crippen LogP contribution in [-0.4, -0.2) is 15.7 Å². The molecule has 5 nitrogen and oxygen atoms in total. The molecular formula is C43H30BN3O2. The zero-order valence-corrected chi connectivity index (χ0v) is 27.6. The van der Waals surface area contributed by atoms with Crippen LogP contribution in [0.15, 0.2) is 114 Å². The zero-order valence-electron chi connectivity index (χ0n) is 27.6. The third kappa shape index (κ3) is 2.97. The number of fused-ring (bicyclic) bond motifs is 15. The number of furan rings is 1. The van der Waals surface area contributed by atoms with Crippen molar-refractivity contribution in [2.75, 3.05) is 4.90 Å². The Kier molecular flexibility index (Phi) is 4.48. The molecule has 6 aromatic carbocycles. The molecule has 6 heterocycles. The summed E-state index contributed by atoms with van der Waals surface area (Å²) >= 11 is 0. The van der Waals surface area contributed by atoms with Crippen molar-refractivity contribution < 1.29 is 9.15 Å². The van der Waals surface area contributed by atoms with Gasteiger partial charge in [0.05, 0.1) is 22.4 Å². The molecule has 0 amide bonds. The predicted molar refractivity (Wildman–Crippen MR) is 202 cm³/mol. The van der Waals surface area contributed by atoms with Crippen LogP contribution in [0.25, 0.3) is 55.2 Å². The first-order valence-electron chi connectivity index (χ1n) is 17.2. The van der Waals surface area contributed by atoms with Gasteiger partial charge in [-0.25, -0.2) is 0 Å². The molecule has 0 aliphatic carbocycles. The first kappa shape index (κ1) is 26.1. The van der Waals surface area contributed by atoms with E-state index in [1.165, 1.54) is 61.0 Å². The second-order valence-corrected chi connectivity index (χ2v) is 15.0. The van der Waals surface area contributed by atoms with Gasteiger partial charge in [0.25, 0.3) is 6.71 Å². The fourth-order valence-corrected chi connectivity index (χ4v) is 9.25. The standard InChI is InChI=1S/C43H30BN3O2/c1-23-25-12-5-7-15-30(25)46-40-39-29(22-27-26-13-6-9-17-34(26)49-41(27)40)44-28-14-11-19-36-38(28)45(31-16-8-10-18-35(31)48-36)32-20-24(43(2,3)4)21-33(37(32)44)47(39)42(23)46/h5-22H,1-4H3. The van der Waals surface area contributed by atoms with Gasteiger partial charge in [0, 0.05) is 33.1 Å². The third-order valence-electron chi connectivity index (χ3n) is 11.4. The van der Waals surface area contributed by atoms with E-state index in [4.69, 9.17) is 9.15 Å². The number of hydrogen-bond acceptors (Lipinski definition) is 3. The molecule has 0 saturated carbocycles. The number of nitrogens with zero attached hydrogens (tertiary/aromatic N) is 3. The summed E-state index contributed by atoms with van der Waals surface area (Å²) in [4.78, 5) is 2.48. The molecule has 0 unspecified atom stereocenters. The maximum Gasteiger partial charge on any atom is 0.252 e. The lowest BCUT2D eigenvalue weighted by atomic mass is 9.33. The first-order chi connectivity index (χ1) is 23.9. The number of ether oxygens (including phenoxy) is 1. The maximum atomic E-state index is 6.85. The van der Waals surface area contributed by atoms with E-state index in [1.807, 2.05) is 0 Å². The van der Waals surface area contributed by atoms with E-state index in [0.717, 1.165) is 50.3 Å². The molecule has 0 atom stereocenters. The summed E-state index contributed by atoms with van der Waals surface area (Å²) in [5.41, 5.74) is 17.6. The van der Waals surface area contributed by atoms with Crippen LogP contribution in [0.1, 0.15) is 31.9 Å². The van der Waals surface area contributed by atoms with E-state index in [-0.39, 0.29) is 12.1 Å². The predicted octanol–water partition coefficient (Wildman–Crippen LogP) is 9.26. The molecule has 9 aromatic rings. The van der Waals surface area contributed by atoms with Gasteiger partial charge in [0.1, 0.15) is 16.7 Å². The molecule has 0 fully saturated rings. The number of para-hydroxylation sites is 5. The minimum Gasteiger partial charge on any atom is -0.454 e. The highest BCUT2D eigenvalue weighted by Crippen LogP contribution is 2.53. The Hall–Kier alpha value is -5.88. The van der Waals surface area contributed by atoms with E-state index in [9.17, 15) is 0 Å². The Morgan fingerprint density at radius 1 is 0.653 bits per heavy atom. The van der Waals surface area contributed by atoms with Gasteiger partial charge in [0.15, 0.2) is 17.1 Å². The van der Waals surface area contributed by atoms with Crippen molar-refractivity contribution in [3.8, 4) is 17.2 Å². The quantitative estimate of drug-likeness (QED) is 0.157. The molecule has 12 rings (SSSR count). The second-order valence-electron chi connectivity index (χ2n) is 15.0. The van der Waals surface area contributed by atoms with E-state index in [1.54, 1.807) is 0 Å². The molecular weight excluding hydrogens is 601 g/mol. The van der Waals surface area contributed by atoms with Gasteiger partial charge in [-0.1, -0.05) is 87.5 Å². The van der Waals surface area contributed by atoms with Crippen molar-refractivity contribution in [1.82, 2.24) is 8.97 Å². The molecule has 0 saturated heterocycles. The lowest BCUT2D eigenvalue weighted by molar-refractivity contribution is 0.477. The molecule has 3 aliphatic heterocycles. The average molecular weight is 632 g/mol. The molecule has 3 aromatic heterocycles. The van der Waals surface area contributed by atoms with Gasteiger partial charge in [-0.3, -0.25) is 8.97 Å². The number of aromatic nitrogens is 2. The van der Waals surface area contributed by atoms with Gasteiger partial charge in [-0.05, 0) is 76.8 Å². The van der Waals surface area contributed by atoms with Gasteiger partial charge in [-0.15, -0.1) is 0 Å². The SMILES string of the molecule is Cc1c2ccccc2n2c3c4oc5ccccc5c4cc4c3n(c12)-c1cc(C(C)(C)C)cc2c1B4c1cccc3c1N2c1ccccc1O3. The Morgan fingerprint density at radius 3 is 2.29 bits per heavy atom. The minimum atomic E-state index is -0.0834. The molecule has 49 heavy (non-hydrogen) atoms. The maximum absolute atomic E-state index is 6.85. The number of aryl methyl sites for hydroxylation is 1. The number of imidazole rings is 1. The lowest BCUT2D eigenvalue weighted by Crippen LogP contribution is -2.60.